The zero-order chi connectivity index (χ0) is 21.0. The zero-order valence-electron chi connectivity index (χ0n) is 15.8. The van der Waals surface area contributed by atoms with Crippen LogP contribution in [0.5, 0.6) is 0 Å². The highest BCUT2D eigenvalue weighted by Crippen LogP contribution is 2.12. The van der Waals surface area contributed by atoms with Crippen LogP contribution in [0.4, 0.5) is 5.69 Å². The highest BCUT2D eigenvalue weighted by Gasteiger charge is 2.28. The molecular weight excluding hydrogens is 398 g/mol. The second-order valence-corrected chi connectivity index (χ2v) is 8.98. The normalized spacial score (nSPS) is 16.7. The largest absolute Gasteiger partial charge is 0.459 e. The van der Waals surface area contributed by atoms with Gasteiger partial charge >= 0.3 is 0 Å². The number of hydrogen-bond donors (Lipinski definition) is 2. The third-order valence-corrected chi connectivity index (χ3v) is 6.13. The van der Waals surface area contributed by atoms with Crippen LogP contribution in [0.2, 0.25) is 0 Å². The summed E-state index contributed by atoms with van der Waals surface area (Å²) in [6.07, 6.45) is 1.40. The molecule has 3 rings (SSSR count). The summed E-state index contributed by atoms with van der Waals surface area (Å²) in [6.45, 7) is 1.82. The van der Waals surface area contributed by atoms with Gasteiger partial charge in [0.2, 0.25) is 5.91 Å². The highest BCUT2D eigenvalue weighted by atomic mass is 32.2. The summed E-state index contributed by atoms with van der Waals surface area (Å²) < 4.78 is 28.0. The molecule has 1 atom stereocenters. The number of nitrogens with one attached hydrogen (secondary N) is 2. The SMILES string of the molecule is CC(NC(=O)c1ccc(NC(=O)c2ccco2)cc1)C(=O)N1CCS(=O)(=O)CC1. The first-order chi connectivity index (χ1) is 13.7. The minimum Gasteiger partial charge on any atom is -0.459 e. The lowest BCUT2D eigenvalue weighted by Crippen LogP contribution is -2.51. The Labute approximate surface area is 168 Å². The van der Waals surface area contributed by atoms with Gasteiger partial charge in [0.1, 0.15) is 6.04 Å². The average Bonchev–Trinajstić information content (AvgIpc) is 3.23. The van der Waals surface area contributed by atoms with Crippen molar-refractivity contribution in [1.29, 1.82) is 0 Å². The molecule has 2 heterocycles. The Kier molecular flexibility index (Phi) is 6.02. The van der Waals surface area contributed by atoms with Crippen molar-refractivity contribution < 1.29 is 27.2 Å². The molecule has 1 unspecified atom stereocenters. The van der Waals surface area contributed by atoms with Crippen molar-refractivity contribution in [1.82, 2.24) is 10.2 Å². The van der Waals surface area contributed by atoms with Gasteiger partial charge in [-0.15, -0.1) is 0 Å². The molecule has 0 radical (unpaired) electrons. The maximum atomic E-state index is 12.4. The van der Waals surface area contributed by atoms with Crippen LogP contribution >= 0.6 is 0 Å². The Balaban J connectivity index is 1.54. The van der Waals surface area contributed by atoms with Crippen LogP contribution < -0.4 is 10.6 Å². The van der Waals surface area contributed by atoms with Crippen molar-refractivity contribution in [3.63, 3.8) is 0 Å². The Morgan fingerprint density at radius 3 is 2.28 bits per heavy atom. The summed E-state index contributed by atoms with van der Waals surface area (Å²) in [5.74, 6) is -1.13. The van der Waals surface area contributed by atoms with Crippen LogP contribution in [-0.2, 0) is 14.6 Å². The van der Waals surface area contributed by atoms with Gasteiger partial charge in [0.25, 0.3) is 11.8 Å². The van der Waals surface area contributed by atoms with E-state index < -0.39 is 27.7 Å². The number of anilines is 1. The second kappa shape index (κ2) is 8.48. The van der Waals surface area contributed by atoms with E-state index in [-0.39, 0.29) is 36.3 Å². The number of amides is 3. The first-order valence-corrected chi connectivity index (χ1v) is 10.8. The van der Waals surface area contributed by atoms with Crippen molar-refractivity contribution in [3.05, 3.63) is 54.0 Å². The number of sulfone groups is 1. The molecule has 29 heavy (non-hydrogen) atoms. The van der Waals surface area contributed by atoms with E-state index in [0.717, 1.165) is 0 Å². The fourth-order valence-electron chi connectivity index (χ4n) is 2.85. The summed E-state index contributed by atoms with van der Waals surface area (Å²) in [6, 6.07) is 8.54. The van der Waals surface area contributed by atoms with E-state index in [2.05, 4.69) is 10.6 Å². The quantitative estimate of drug-likeness (QED) is 0.742. The van der Waals surface area contributed by atoms with Gasteiger partial charge in [0.05, 0.1) is 17.8 Å². The molecular formula is C19H21N3O6S. The van der Waals surface area contributed by atoms with Crippen molar-refractivity contribution in [2.45, 2.75) is 13.0 Å². The van der Waals surface area contributed by atoms with Gasteiger partial charge < -0.3 is 20.0 Å². The van der Waals surface area contributed by atoms with E-state index in [9.17, 15) is 22.8 Å². The molecule has 0 spiro atoms. The lowest BCUT2D eigenvalue weighted by atomic mass is 10.1. The second-order valence-electron chi connectivity index (χ2n) is 6.68. The maximum Gasteiger partial charge on any atom is 0.291 e. The highest BCUT2D eigenvalue weighted by molar-refractivity contribution is 7.91. The van der Waals surface area contributed by atoms with Gasteiger partial charge in [-0.1, -0.05) is 0 Å². The van der Waals surface area contributed by atoms with Crippen molar-refractivity contribution in [2.75, 3.05) is 29.9 Å². The minimum absolute atomic E-state index is 0.0649. The molecule has 0 bridgehead atoms. The molecule has 1 aliphatic rings. The number of carbonyl (C=O) groups excluding carboxylic acids is 3. The molecule has 2 aromatic rings. The Bertz CT molecular complexity index is 985. The van der Waals surface area contributed by atoms with Crippen LogP contribution in [0, 0.1) is 0 Å². The maximum absolute atomic E-state index is 12.4. The summed E-state index contributed by atoms with van der Waals surface area (Å²) in [5.41, 5.74) is 0.809. The van der Waals surface area contributed by atoms with E-state index in [1.807, 2.05) is 0 Å². The van der Waals surface area contributed by atoms with Crippen molar-refractivity contribution in [3.8, 4) is 0 Å². The van der Waals surface area contributed by atoms with Gasteiger partial charge in [0, 0.05) is 24.3 Å². The van der Waals surface area contributed by atoms with Gasteiger partial charge in [-0.25, -0.2) is 8.42 Å². The van der Waals surface area contributed by atoms with Gasteiger partial charge in [-0.3, -0.25) is 14.4 Å². The topological polar surface area (TPSA) is 126 Å². The third-order valence-electron chi connectivity index (χ3n) is 4.52. The molecule has 1 aromatic heterocycles. The van der Waals surface area contributed by atoms with Crippen LogP contribution in [0.3, 0.4) is 0 Å². The zero-order valence-corrected chi connectivity index (χ0v) is 16.6. The summed E-state index contributed by atoms with van der Waals surface area (Å²) in [5, 5.41) is 5.26. The molecule has 3 amide bonds. The Hall–Kier alpha value is -3.14. The molecule has 1 fully saturated rings. The Morgan fingerprint density at radius 1 is 1.03 bits per heavy atom. The molecule has 0 aliphatic carbocycles. The lowest BCUT2D eigenvalue weighted by Gasteiger charge is -2.29. The Morgan fingerprint density at radius 2 is 1.69 bits per heavy atom. The fourth-order valence-corrected chi connectivity index (χ4v) is 4.06. The molecule has 9 nitrogen and oxygen atoms in total. The number of rotatable bonds is 5. The number of carbonyl (C=O) groups is 3. The van der Waals surface area contributed by atoms with E-state index in [0.29, 0.717) is 11.3 Å². The molecule has 2 N–H and O–H groups in total. The third kappa shape index (κ3) is 5.23. The van der Waals surface area contributed by atoms with Crippen LogP contribution in [-0.4, -0.2) is 61.7 Å². The fraction of sp³-hybridized carbons (Fsp3) is 0.316. The summed E-state index contributed by atoms with van der Waals surface area (Å²) in [7, 11) is -3.09. The predicted octanol–water partition coefficient (Wildman–Crippen LogP) is 0.907. The smallest absolute Gasteiger partial charge is 0.291 e. The monoisotopic (exact) mass is 419 g/mol. The molecule has 154 valence electrons. The lowest BCUT2D eigenvalue weighted by molar-refractivity contribution is -0.132. The van der Waals surface area contributed by atoms with E-state index >= 15 is 0 Å². The van der Waals surface area contributed by atoms with Gasteiger partial charge in [0.15, 0.2) is 15.6 Å². The molecule has 1 saturated heterocycles. The van der Waals surface area contributed by atoms with Gasteiger partial charge in [-0.2, -0.15) is 0 Å². The number of hydrogen-bond acceptors (Lipinski definition) is 6. The number of nitrogens with zero attached hydrogens (tertiary/aromatic N) is 1. The number of benzene rings is 1. The van der Waals surface area contributed by atoms with Crippen molar-refractivity contribution in [2.24, 2.45) is 0 Å². The van der Waals surface area contributed by atoms with E-state index in [1.54, 1.807) is 25.1 Å². The molecule has 1 aromatic carbocycles. The van der Waals surface area contributed by atoms with E-state index in [4.69, 9.17) is 4.42 Å². The average molecular weight is 419 g/mol. The molecule has 1 aliphatic heterocycles. The van der Waals surface area contributed by atoms with Crippen LogP contribution in [0.15, 0.2) is 47.1 Å². The summed E-state index contributed by atoms with van der Waals surface area (Å²) >= 11 is 0. The first kappa shape index (κ1) is 20.6. The predicted molar refractivity (Wildman–Crippen MR) is 105 cm³/mol. The molecule has 0 saturated carbocycles. The standard InChI is InChI=1S/C19H21N3O6S/c1-13(19(25)22-8-11-29(26,27)12-9-22)20-17(23)14-4-6-15(7-5-14)21-18(24)16-3-2-10-28-16/h2-7,10,13H,8-9,11-12H2,1H3,(H,20,23)(H,21,24). The molecule has 10 heteroatoms. The van der Waals surface area contributed by atoms with Crippen molar-refractivity contribution >= 4 is 33.2 Å². The first-order valence-electron chi connectivity index (χ1n) is 9.00. The number of furan rings is 1. The van der Waals surface area contributed by atoms with Gasteiger partial charge in [-0.05, 0) is 43.3 Å². The minimum atomic E-state index is -3.09. The van der Waals surface area contributed by atoms with Crippen LogP contribution in [0.1, 0.15) is 27.8 Å². The summed E-state index contributed by atoms with van der Waals surface area (Å²) in [4.78, 5) is 38.2. The van der Waals surface area contributed by atoms with E-state index in [1.165, 1.54) is 29.4 Å². The van der Waals surface area contributed by atoms with Crippen LogP contribution in [0.25, 0.3) is 0 Å².